The molecule has 0 aliphatic rings. The predicted molar refractivity (Wildman–Crippen MR) is 66.0 cm³/mol. The number of rotatable bonds is 11. The molecule has 0 aromatic heterocycles. The molecule has 0 spiro atoms. The average Bonchev–Trinajstić information content (AvgIpc) is 2.25. The Balaban J connectivity index is 3.67. The fourth-order valence-electron chi connectivity index (χ4n) is 1.89. The second kappa shape index (κ2) is 10.1. The molecule has 1 atom stereocenters. The van der Waals surface area contributed by atoms with Crippen molar-refractivity contribution >= 4 is 11.9 Å². The molecule has 0 bridgehead atoms. The molecular weight excluding hydrogens is 220 g/mol. The van der Waals surface area contributed by atoms with E-state index < -0.39 is 11.9 Å². The molecule has 0 rings (SSSR count). The lowest BCUT2D eigenvalue weighted by atomic mass is 9.95. The lowest BCUT2D eigenvalue weighted by molar-refractivity contribution is -0.143. The summed E-state index contributed by atoms with van der Waals surface area (Å²) in [6.45, 7) is 2.14. The summed E-state index contributed by atoms with van der Waals surface area (Å²) in [7, 11) is 0. The van der Waals surface area contributed by atoms with E-state index in [1.165, 1.54) is 12.8 Å². The summed E-state index contributed by atoms with van der Waals surface area (Å²) in [5.74, 6) is -2.00. The summed E-state index contributed by atoms with van der Waals surface area (Å²) in [5.41, 5.74) is 0. The summed E-state index contributed by atoms with van der Waals surface area (Å²) in [6, 6.07) is 0. The van der Waals surface area contributed by atoms with Gasteiger partial charge in [-0.3, -0.25) is 9.59 Å². The van der Waals surface area contributed by atoms with Gasteiger partial charge in [-0.05, 0) is 19.3 Å². The van der Waals surface area contributed by atoms with Crippen molar-refractivity contribution in [1.82, 2.24) is 0 Å². The second-order valence-corrected chi connectivity index (χ2v) is 4.52. The molecule has 0 saturated carbocycles. The molecule has 0 fully saturated rings. The molecule has 0 unspecified atom stereocenters. The van der Waals surface area contributed by atoms with E-state index in [-0.39, 0.29) is 12.3 Å². The van der Waals surface area contributed by atoms with Crippen LogP contribution in [-0.2, 0) is 9.59 Å². The second-order valence-electron chi connectivity index (χ2n) is 4.52. The lowest BCUT2D eigenvalue weighted by Gasteiger charge is -2.11. The van der Waals surface area contributed by atoms with Gasteiger partial charge in [0, 0.05) is 6.42 Å². The first-order valence-electron chi connectivity index (χ1n) is 6.52. The van der Waals surface area contributed by atoms with Crippen LogP contribution in [0, 0.1) is 5.92 Å². The van der Waals surface area contributed by atoms with Crippen molar-refractivity contribution in [2.45, 2.75) is 64.7 Å². The number of hydrogen-bond acceptors (Lipinski definition) is 2. The van der Waals surface area contributed by atoms with Gasteiger partial charge in [0.15, 0.2) is 0 Å². The number of carboxylic acid groups (broad SMARTS) is 2. The largest absolute Gasteiger partial charge is 0.481 e. The molecule has 100 valence electrons. The van der Waals surface area contributed by atoms with E-state index in [0.29, 0.717) is 19.3 Å². The van der Waals surface area contributed by atoms with E-state index in [9.17, 15) is 9.59 Å². The molecule has 0 aliphatic carbocycles. The van der Waals surface area contributed by atoms with Crippen LogP contribution in [-0.4, -0.2) is 22.2 Å². The molecule has 0 aromatic rings. The SMILES string of the molecule is CCCCCCC[C@H](CCCC(=O)O)C(=O)O. The van der Waals surface area contributed by atoms with Crippen molar-refractivity contribution in [2.24, 2.45) is 5.92 Å². The normalized spacial score (nSPS) is 12.3. The van der Waals surface area contributed by atoms with E-state index in [0.717, 1.165) is 19.3 Å². The minimum absolute atomic E-state index is 0.0691. The molecule has 0 saturated heterocycles. The Morgan fingerprint density at radius 3 is 2.06 bits per heavy atom. The molecule has 0 amide bonds. The van der Waals surface area contributed by atoms with Gasteiger partial charge in [-0.1, -0.05) is 39.0 Å². The first-order chi connectivity index (χ1) is 8.07. The third-order valence-corrected chi connectivity index (χ3v) is 2.95. The van der Waals surface area contributed by atoms with Gasteiger partial charge in [0.2, 0.25) is 0 Å². The Morgan fingerprint density at radius 2 is 1.53 bits per heavy atom. The van der Waals surface area contributed by atoms with Gasteiger partial charge in [0.1, 0.15) is 0 Å². The Labute approximate surface area is 103 Å². The summed E-state index contributed by atoms with van der Waals surface area (Å²) in [5, 5.41) is 17.5. The first-order valence-corrected chi connectivity index (χ1v) is 6.52. The fourth-order valence-corrected chi connectivity index (χ4v) is 1.89. The van der Waals surface area contributed by atoms with Crippen LogP contribution in [0.2, 0.25) is 0 Å². The zero-order valence-corrected chi connectivity index (χ0v) is 10.7. The van der Waals surface area contributed by atoms with Gasteiger partial charge in [-0.15, -0.1) is 0 Å². The monoisotopic (exact) mass is 244 g/mol. The van der Waals surface area contributed by atoms with E-state index >= 15 is 0 Å². The maximum absolute atomic E-state index is 10.9. The summed E-state index contributed by atoms with van der Waals surface area (Å²) >= 11 is 0. The van der Waals surface area contributed by atoms with E-state index in [1.54, 1.807) is 0 Å². The maximum atomic E-state index is 10.9. The van der Waals surface area contributed by atoms with Gasteiger partial charge in [-0.2, -0.15) is 0 Å². The first kappa shape index (κ1) is 15.9. The summed E-state index contributed by atoms with van der Waals surface area (Å²) in [6.07, 6.45) is 7.26. The maximum Gasteiger partial charge on any atom is 0.306 e. The smallest absolute Gasteiger partial charge is 0.306 e. The van der Waals surface area contributed by atoms with E-state index in [2.05, 4.69) is 6.92 Å². The zero-order chi connectivity index (χ0) is 13.1. The average molecular weight is 244 g/mol. The highest BCUT2D eigenvalue weighted by atomic mass is 16.4. The molecule has 4 heteroatoms. The van der Waals surface area contributed by atoms with Gasteiger partial charge in [-0.25, -0.2) is 0 Å². The molecular formula is C13H24O4. The van der Waals surface area contributed by atoms with Crippen LogP contribution in [0.5, 0.6) is 0 Å². The molecule has 17 heavy (non-hydrogen) atoms. The third kappa shape index (κ3) is 9.85. The van der Waals surface area contributed by atoms with Crippen molar-refractivity contribution in [2.75, 3.05) is 0 Å². The molecule has 0 heterocycles. The van der Waals surface area contributed by atoms with Crippen LogP contribution >= 0.6 is 0 Å². The zero-order valence-electron chi connectivity index (χ0n) is 10.7. The summed E-state index contributed by atoms with van der Waals surface area (Å²) in [4.78, 5) is 21.3. The van der Waals surface area contributed by atoms with E-state index in [4.69, 9.17) is 10.2 Å². The Bertz CT molecular complexity index is 225. The molecule has 0 aliphatic heterocycles. The predicted octanol–water partition coefficient (Wildman–Crippen LogP) is 3.30. The Morgan fingerprint density at radius 1 is 0.941 bits per heavy atom. The minimum Gasteiger partial charge on any atom is -0.481 e. The van der Waals surface area contributed by atoms with Gasteiger partial charge >= 0.3 is 11.9 Å². The van der Waals surface area contributed by atoms with Crippen LogP contribution in [0.3, 0.4) is 0 Å². The highest BCUT2D eigenvalue weighted by molar-refractivity contribution is 5.70. The Kier molecular flexibility index (Phi) is 9.49. The van der Waals surface area contributed by atoms with Crippen LogP contribution in [0.1, 0.15) is 64.7 Å². The third-order valence-electron chi connectivity index (χ3n) is 2.95. The van der Waals surface area contributed by atoms with Crippen molar-refractivity contribution in [3.05, 3.63) is 0 Å². The Hall–Kier alpha value is -1.06. The lowest BCUT2D eigenvalue weighted by Crippen LogP contribution is -2.14. The number of unbranched alkanes of at least 4 members (excludes halogenated alkanes) is 4. The van der Waals surface area contributed by atoms with Crippen molar-refractivity contribution < 1.29 is 19.8 Å². The van der Waals surface area contributed by atoms with Crippen molar-refractivity contribution in [1.29, 1.82) is 0 Å². The van der Waals surface area contributed by atoms with Crippen molar-refractivity contribution in [3.8, 4) is 0 Å². The molecule has 0 aromatic carbocycles. The summed E-state index contributed by atoms with van der Waals surface area (Å²) < 4.78 is 0. The highest BCUT2D eigenvalue weighted by Crippen LogP contribution is 2.17. The highest BCUT2D eigenvalue weighted by Gasteiger charge is 2.16. The quantitative estimate of drug-likeness (QED) is 0.547. The van der Waals surface area contributed by atoms with Crippen LogP contribution < -0.4 is 0 Å². The van der Waals surface area contributed by atoms with Gasteiger partial charge in [0.25, 0.3) is 0 Å². The van der Waals surface area contributed by atoms with E-state index in [1.807, 2.05) is 0 Å². The van der Waals surface area contributed by atoms with Crippen molar-refractivity contribution in [3.63, 3.8) is 0 Å². The topological polar surface area (TPSA) is 74.6 Å². The van der Waals surface area contributed by atoms with Crippen LogP contribution in [0.15, 0.2) is 0 Å². The molecule has 4 nitrogen and oxygen atoms in total. The minimum atomic E-state index is -0.850. The standard InChI is InChI=1S/C13H24O4/c1-2-3-4-5-6-8-11(13(16)17)9-7-10-12(14)15/h11H,2-10H2,1H3,(H,14,15)(H,16,17)/t11-/m1/s1. The van der Waals surface area contributed by atoms with Gasteiger partial charge in [0.05, 0.1) is 5.92 Å². The van der Waals surface area contributed by atoms with Crippen LogP contribution in [0.25, 0.3) is 0 Å². The number of carbonyl (C=O) groups is 2. The van der Waals surface area contributed by atoms with Gasteiger partial charge < -0.3 is 10.2 Å². The number of hydrogen-bond donors (Lipinski definition) is 2. The molecule has 2 N–H and O–H groups in total. The van der Waals surface area contributed by atoms with Crippen LogP contribution in [0.4, 0.5) is 0 Å². The fraction of sp³-hybridized carbons (Fsp3) is 0.846. The number of carboxylic acids is 2. The number of aliphatic carboxylic acids is 2. The molecule has 0 radical (unpaired) electrons.